The summed E-state index contributed by atoms with van der Waals surface area (Å²) in [6.45, 7) is -0.961. The molecule has 0 spiro atoms. The van der Waals surface area contributed by atoms with E-state index < -0.39 is 27.0 Å². The summed E-state index contributed by atoms with van der Waals surface area (Å²) in [7, 11) is -8.45. The predicted octanol–water partition coefficient (Wildman–Crippen LogP) is 3.68. The van der Waals surface area contributed by atoms with Gasteiger partial charge in [-0.3, -0.25) is 0 Å². The zero-order valence-corrected chi connectivity index (χ0v) is 19.7. The molecule has 0 aliphatic rings. The van der Waals surface area contributed by atoms with Crippen LogP contribution in [0, 0.1) is 0 Å². The Balaban J connectivity index is 0.00000256. The summed E-state index contributed by atoms with van der Waals surface area (Å²) < 4.78 is 60.1. The van der Waals surface area contributed by atoms with E-state index in [9.17, 15) is 16.8 Å². The van der Waals surface area contributed by atoms with Crippen molar-refractivity contribution >= 4 is 71.3 Å². The zero-order chi connectivity index (χ0) is 20.5. The minimum atomic E-state index is -4.22. The fraction of sp³-hybridized carbons (Fsp3) is 0.0476. The first kappa shape index (κ1) is 22.9. The summed E-state index contributed by atoms with van der Waals surface area (Å²) in [6.07, 6.45) is 0. The molecule has 0 N–H and O–H groups in total. The number of benzene rings is 4. The Hall–Kier alpha value is -1.78. The van der Waals surface area contributed by atoms with E-state index in [4.69, 9.17) is 8.37 Å². The molecule has 1 radical (unpaired) electrons. The monoisotopic (exact) mass is 451 g/mol. The average molecular weight is 451 g/mol. The van der Waals surface area contributed by atoms with Crippen molar-refractivity contribution in [2.24, 2.45) is 0 Å². The molecule has 0 atom stereocenters. The molecule has 0 amide bonds. The first-order chi connectivity index (χ1) is 13.9. The Bertz CT molecular complexity index is 1300. The van der Waals surface area contributed by atoms with Gasteiger partial charge >= 0.3 is 0 Å². The third kappa shape index (κ3) is 4.60. The van der Waals surface area contributed by atoms with Crippen LogP contribution in [0.15, 0.2) is 94.7 Å². The van der Waals surface area contributed by atoms with E-state index in [1.54, 1.807) is 72.8 Å². The minimum Gasteiger partial charge on any atom is -0.236 e. The Morgan fingerprint density at radius 1 is 0.533 bits per heavy atom. The molecule has 4 rings (SSSR count). The third-order valence-corrected chi connectivity index (χ3v) is 7.05. The van der Waals surface area contributed by atoms with Gasteiger partial charge in [-0.15, -0.1) is 0 Å². The maximum Gasteiger partial charge on any atom is 0.299 e. The van der Waals surface area contributed by atoms with Crippen molar-refractivity contribution < 1.29 is 25.2 Å². The van der Waals surface area contributed by atoms with Gasteiger partial charge in [0.25, 0.3) is 20.2 Å². The maximum absolute atomic E-state index is 12.6. The molecular weight excluding hydrogens is 435 g/mol. The van der Waals surface area contributed by atoms with Gasteiger partial charge in [0.1, 0.15) is 9.79 Å². The predicted molar refractivity (Wildman–Crippen MR) is 115 cm³/mol. The van der Waals surface area contributed by atoms with Gasteiger partial charge in [0.15, 0.2) is 6.79 Å². The fourth-order valence-corrected chi connectivity index (χ4v) is 5.17. The largest absolute Gasteiger partial charge is 0.299 e. The normalized spacial score (nSPS) is 12.0. The molecule has 149 valence electrons. The second kappa shape index (κ2) is 9.15. The van der Waals surface area contributed by atoms with E-state index in [0.29, 0.717) is 10.8 Å². The molecule has 0 fully saturated rings. The van der Waals surface area contributed by atoms with Crippen LogP contribution in [-0.4, -0.2) is 53.2 Å². The van der Waals surface area contributed by atoms with Crippen LogP contribution in [0.5, 0.6) is 0 Å². The Labute approximate surface area is 197 Å². The van der Waals surface area contributed by atoms with Crippen LogP contribution in [0.4, 0.5) is 0 Å². The summed E-state index contributed by atoms with van der Waals surface area (Å²) in [4.78, 5) is -0.108. The van der Waals surface area contributed by atoms with Gasteiger partial charge in [-0.05, 0) is 22.9 Å². The molecule has 9 heteroatoms. The summed E-state index contributed by atoms with van der Waals surface area (Å²) in [5.74, 6) is 0. The molecule has 0 saturated heterocycles. The van der Waals surface area contributed by atoms with Gasteiger partial charge in [0, 0.05) is 40.3 Å². The summed E-state index contributed by atoms with van der Waals surface area (Å²) in [5.41, 5.74) is 0. The summed E-state index contributed by atoms with van der Waals surface area (Å²) in [6, 6.07) is 23.4. The molecule has 0 aliphatic heterocycles. The molecule has 0 unspecified atom stereocenters. The van der Waals surface area contributed by atoms with Crippen LogP contribution >= 0.6 is 0 Å². The van der Waals surface area contributed by atoms with Crippen LogP contribution in [0.2, 0.25) is 0 Å². The topological polar surface area (TPSA) is 86.7 Å². The summed E-state index contributed by atoms with van der Waals surface area (Å²) >= 11 is 0. The van der Waals surface area contributed by atoms with Gasteiger partial charge in [-0.2, -0.15) is 16.8 Å². The smallest absolute Gasteiger partial charge is 0.236 e. The Morgan fingerprint density at radius 2 is 0.900 bits per heavy atom. The quantitative estimate of drug-likeness (QED) is 0.253. The molecule has 6 nitrogen and oxygen atoms in total. The molecule has 30 heavy (non-hydrogen) atoms. The second-order valence-corrected chi connectivity index (χ2v) is 9.38. The van der Waals surface area contributed by atoms with Crippen molar-refractivity contribution in [2.75, 3.05) is 6.79 Å². The average Bonchev–Trinajstić information content (AvgIpc) is 2.72. The van der Waals surface area contributed by atoms with E-state index in [1.165, 1.54) is 12.1 Å². The molecule has 0 saturated carbocycles. The van der Waals surface area contributed by atoms with Crippen LogP contribution in [0.3, 0.4) is 0 Å². The van der Waals surface area contributed by atoms with E-state index >= 15 is 0 Å². The van der Waals surface area contributed by atoms with Gasteiger partial charge < -0.3 is 0 Å². The molecule has 4 aromatic carbocycles. The first-order valence-corrected chi connectivity index (χ1v) is 11.4. The number of fused-ring (bicyclic) bond motifs is 2. The molecule has 0 aliphatic carbocycles. The minimum absolute atomic E-state index is 0. The van der Waals surface area contributed by atoms with E-state index in [1.807, 2.05) is 0 Å². The van der Waals surface area contributed by atoms with Gasteiger partial charge in [0.05, 0.1) is 0 Å². The van der Waals surface area contributed by atoms with Crippen LogP contribution in [0.25, 0.3) is 21.5 Å². The van der Waals surface area contributed by atoms with Crippen LogP contribution < -0.4 is 0 Å². The van der Waals surface area contributed by atoms with E-state index in [2.05, 4.69) is 0 Å². The first-order valence-electron chi connectivity index (χ1n) is 8.63. The van der Waals surface area contributed by atoms with Crippen molar-refractivity contribution in [3.05, 3.63) is 84.9 Å². The summed E-state index contributed by atoms with van der Waals surface area (Å²) in [5, 5.41) is 2.40. The van der Waals surface area contributed by atoms with Crippen molar-refractivity contribution in [3.63, 3.8) is 0 Å². The second-order valence-electron chi connectivity index (χ2n) is 6.22. The number of hydrogen-bond acceptors (Lipinski definition) is 6. The molecule has 0 bridgehead atoms. The van der Waals surface area contributed by atoms with Crippen molar-refractivity contribution in [1.82, 2.24) is 0 Å². The van der Waals surface area contributed by atoms with Gasteiger partial charge in [0.2, 0.25) is 0 Å². The zero-order valence-electron chi connectivity index (χ0n) is 16.1. The number of rotatable bonds is 6. The molecule has 4 aromatic rings. The molecule has 0 aromatic heterocycles. The van der Waals surface area contributed by atoms with Gasteiger partial charge in [-0.25, -0.2) is 8.37 Å². The molecule has 0 heterocycles. The Kier molecular flexibility index (Phi) is 6.98. The van der Waals surface area contributed by atoms with Crippen molar-refractivity contribution in [3.8, 4) is 0 Å². The standard InChI is InChI=1S/C21H16O6S2.Na/c22-28(23,20-13-5-9-16-7-1-3-11-18(16)20)26-15-27-29(24,25)21-14-6-10-17-8-2-4-12-19(17)21;/h1-14H,15H2;. The maximum atomic E-state index is 12.6. The van der Waals surface area contributed by atoms with Crippen LogP contribution in [-0.2, 0) is 28.6 Å². The third-order valence-electron chi connectivity index (χ3n) is 4.44. The van der Waals surface area contributed by atoms with Crippen molar-refractivity contribution in [2.45, 2.75) is 9.79 Å². The van der Waals surface area contributed by atoms with E-state index in [-0.39, 0.29) is 39.3 Å². The fourth-order valence-electron chi connectivity index (χ4n) is 3.10. The number of hydrogen-bond donors (Lipinski definition) is 0. The van der Waals surface area contributed by atoms with E-state index in [0.717, 1.165) is 10.8 Å². The SMILES string of the molecule is O=S(=O)(OCOS(=O)(=O)c1cccc2ccccc12)c1cccc2ccccc12.[Na]. The van der Waals surface area contributed by atoms with Crippen molar-refractivity contribution in [1.29, 1.82) is 0 Å². The van der Waals surface area contributed by atoms with Crippen LogP contribution in [0.1, 0.15) is 0 Å². The van der Waals surface area contributed by atoms with Gasteiger partial charge in [-0.1, -0.05) is 72.8 Å². The Morgan fingerprint density at radius 3 is 1.33 bits per heavy atom. The molecular formula is C21H16NaO6S2.